The third-order valence-electron chi connectivity index (χ3n) is 2.47. The van der Waals surface area contributed by atoms with Crippen LogP contribution in [0.25, 0.3) is 0 Å². The maximum absolute atomic E-state index is 11.5. The van der Waals surface area contributed by atoms with E-state index in [-0.39, 0.29) is 4.90 Å². The largest absolute Gasteiger partial charge is 0.457 e. The molecule has 100 valence electrons. The highest BCUT2D eigenvalue weighted by atomic mass is 32.2. The molecule has 0 aliphatic heterocycles. The minimum Gasteiger partial charge on any atom is -0.457 e. The van der Waals surface area contributed by atoms with E-state index in [0.717, 1.165) is 6.26 Å². The topological polar surface area (TPSA) is 82.3 Å². The van der Waals surface area contributed by atoms with Crippen LogP contribution < -0.4 is 10.5 Å². The Hall–Kier alpha value is -1.92. The Kier molecular flexibility index (Phi) is 3.82. The molecule has 6 heteroatoms. The minimum atomic E-state index is -3.24. The van der Waals surface area contributed by atoms with Crippen molar-refractivity contribution in [1.82, 2.24) is 4.98 Å². The van der Waals surface area contributed by atoms with E-state index in [9.17, 15) is 8.42 Å². The van der Waals surface area contributed by atoms with Gasteiger partial charge in [-0.25, -0.2) is 8.42 Å². The molecule has 2 N–H and O–H groups in total. The summed E-state index contributed by atoms with van der Waals surface area (Å²) in [6.45, 7) is 0.320. The quantitative estimate of drug-likeness (QED) is 0.921. The summed E-state index contributed by atoms with van der Waals surface area (Å²) in [6, 6.07) is 9.74. The number of hydrogen-bond donors (Lipinski definition) is 1. The highest BCUT2D eigenvalue weighted by Crippen LogP contribution is 2.24. The Bertz CT molecular complexity index is 684. The number of aromatic nitrogens is 1. The van der Waals surface area contributed by atoms with Gasteiger partial charge in [0.05, 0.1) is 10.6 Å². The summed E-state index contributed by atoms with van der Waals surface area (Å²) in [6.07, 6.45) is 2.75. The van der Waals surface area contributed by atoms with Crippen molar-refractivity contribution in [2.24, 2.45) is 5.73 Å². The molecule has 0 saturated heterocycles. The molecule has 0 unspecified atom stereocenters. The highest BCUT2D eigenvalue weighted by Gasteiger charge is 2.08. The molecule has 5 nitrogen and oxygen atoms in total. The van der Waals surface area contributed by atoms with Crippen LogP contribution in [0.2, 0.25) is 0 Å². The standard InChI is InChI=1S/C13H14N2O3S/c1-19(16,17)13-4-2-3-11(8-13)18-12-5-6-15-10(7-12)9-14/h2-8H,9,14H2,1H3. The molecule has 0 atom stereocenters. The molecule has 0 radical (unpaired) electrons. The summed E-state index contributed by atoms with van der Waals surface area (Å²) < 4.78 is 28.5. The SMILES string of the molecule is CS(=O)(=O)c1cccc(Oc2ccnc(CN)c2)c1. The molecule has 19 heavy (non-hydrogen) atoms. The molecule has 1 aromatic carbocycles. The van der Waals surface area contributed by atoms with Crippen LogP contribution >= 0.6 is 0 Å². The highest BCUT2D eigenvalue weighted by molar-refractivity contribution is 7.90. The van der Waals surface area contributed by atoms with Gasteiger partial charge in [0, 0.05) is 25.1 Å². The first-order valence-corrected chi connectivity index (χ1v) is 7.51. The van der Waals surface area contributed by atoms with E-state index in [1.807, 2.05) is 0 Å². The molecular weight excluding hydrogens is 264 g/mol. The summed E-state index contributed by atoms with van der Waals surface area (Å²) >= 11 is 0. The zero-order valence-electron chi connectivity index (χ0n) is 10.4. The van der Waals surface area contributed by atoms with Crippen LogP contribution in [0, 0.1) is 0 Å². The van der Waals surface area contributed by atoms with Crippen molar-refractivity contribution >= 4 is 9.84 Å². The van der Waals surface area contributed by atoms with Crippen molar-refractivity contribution in [3.8, 4) is 11.5 Å². The summed E-state index contributed by atoms with van der Waals surface area (Å²) in [5.74, 6) is 1.03. The zero-order valence-corrected chi connectivity index (χ0v) is 11.2. The van der Waals surface area contributed by atoms with Crippen molar-refractivity contribution in [3.05, 3.63) is 48.3 Å². The molecule has 2 aromatic rings. The number of benzene rings is 1. The second-order valence-electron chi connectivity index (χ2n) is 4.04. The monoisotopic (exact) mass is 278 g/mol. The number of hydrogen-bond acceptors (Lipinski definition) is 5. The second-order valence-corrected chi connectivity index (χ2v) is 6.05. The van der Waals surface area contributed by atoms with Gasteiger partial charge in [0.15, 0.2) is 9.84 Å². The Morgan fingerprint density at radius 2 is 1.95 bits per heavy atom. The molecule has 2 rings (SSSR count). The Morgan fingerprint density at radius 3 is 2.63 bits per heavy atom. The predicted octanol–water partition coefficient (Wildman–Crippen LogP) is 1.74. The number of pyridine rings is 1. The van der Waals surface area contributed by atoms with Crippen molar-refractivity contribution in [3.63, 3.8) is 0 Å². The average Bonchev–Trinajstić information content (AvgIpc) is 2.38. The van der Waals surface area contributed by atoms with Gasteiger partial charge < -0.3 is 10.5 Å². The molecule has 0 amide bonds. The lowest BCUT2D eigenvalue weighted by molar-refractivity contribution is 0.479. The number of rotatable bonds is 4. The fraction of sp³-hybridized carbons (Fsp3) is 0.154. The molecule has 0 spiro atoms. The summed E-state index contributed by atoms with van der Waals surface area (Å²) in [5, 5.41) is 0. The smallest absolute Gasteiger partial charge is 0.175 e. The van der Waals surface area contributed by atoms with Gasteiger partial charge in [-0.1, -0.05) is 6.07 Å². The third kappa shape index (κ3) is 3.52. The molecule has 0 saturated carbocycles. The molecule has 0 fully saturated rings. The van der Waals surface area contributed by atoms with Crippen LogP contribution in [0.3, 0.4) is 0 Å². The maximum atomic E-state index is 11.5. The van der Waals surface area contributed by atoms with Gasteiger partial charge in [-0.15, -0.1) is 0 Å². The molecule has 0 aliphatic rings. The molecule has 0 aliphatic carbocycles. The van der Waals surface area contributed by atoms with Crippen molar-refractivity contribution in [2.75, 3.05) is 6.26 Å². The third-order valence-corrected chi connectivity index (χ3v) is 3.58. The molecule has 0 bridgehead atoms. The van der Waals surface area contributed by atoms with Crippen LogP contribution in [-0.4, -0.2) is 19.7 Å². The van der Waals surface area contributed by atoms with Gasteiger partial charge in [0.2, 0.25) is 0 Å². The second kappa shape index (κ2) is 5.38. The van der Waals surface area contributed by atoms with Gasteiger partial charge in [0.25, 0.3) is 0 Å². The first kappa shape index (κ1) is 13.5. The lowest BCUT2D eigenvalue weighted by Crippen LogP contribution is -1.99. The summed E-state index contributed by atoms with van der Waals surface area (Å²) in [4.78, 5) is 4.28. The van der Waals surface area contributed by atoms with Crippen LogP contribution in [0.1, 0.15) is 5.69 Å². The van der Waals surface area contributed by atoms with E-state index in [0.29, 0.717) is 23.7 Å². The van der Waals surface area contributed by atoms with Crippen LogP contribution in [-0.2, 0) is 16.4 Å². The van der Waals surface area contributed by atoms with E-state index in [1.165, 1.54) is 12.1 Å². The van der Waals surface area contributed by atoms with Crippen molar-refractivity contribution in [2.45, 2.75) is 11.4 Å². The van der Waals surface area contributed by atoms with Gasteiger partial charge in [-0.2, -0.15) is 0 Å². The molecule has 1 heterocycles. The Balaban J connectivity index is 2.28. The van der Waals surface area contributed by atoms with Gasteiger partial charge in [0.1, 0.15) is 11.5 Å². The number of nitrogens with zero attached hydrogens (tertiary/aromatic N) is 1. The zero-order chi connectivity index (χ0) is 13.9. The first-order valence-electron chi connectivity index (χ1n) is 5.62. The first-order chi connectivity index (χ1) is 8.99. The van der Waals surface area contributed by atoms with Crippen LogP contribution in [0.5, 0.6) is 11.5 Å². The fourth-order valence-corrected chi connectivity index (χ4v) is 2.19. The molecular formula is C13H14N2O3S. The van der Waals surface area contributed by atoms with Crippen LogP contribution in [0.15, 0.2) is 47.5 Å². The van der Waals surface area contributed by atoms with E-state index >= 15 is 0 Å². The van der Waals surface area contributed by atoms with Crippen LogP contribution in [0.4, 0.5) is 0 Å². The van der Waals surface area contributed by atoms with E-state index in [1.54, 1.807) is 30.5 Å². The summed E-state index contributed by atoms with van der Waals surface area (Å²) in [5.41, 5.74) is 6.20. The van der Waals surface area contributed by atoms with Crippen molar-refractivity contribution in [1.29, 1.82) is 0 Å². The maximum Gasteiger partial charge on any atom is 0.175 e. The number of nitrogens with two attached hydrogens (primary N) is 1. The number of sulfone groups is 1. The van der Waals surface area contributed by atoms with Gasteiger partial charge in [-0.05, 0) is 24.3 Å². The Labute approximate surface area is 112 Å². The Morgan fingerprint density at radius 1 is 1.21 bits per heavy atom. The normalized spacial score (nSPS) is 11.3. The summed E-state index contributed by atoms with van der Waals surface area (Å²) in [7, 11) is -3.24. The van der Waals surface area contributed by atoms with E-state index in [2.05, 4.69) is 4.98 Å². The minimum absolute atomic E-state index is 0.220. The number of ether oxygens (including phenoxy) is 1. The van der Waals surface area contributed by atoms with Gasteiger partial charge in [-0.3, -0.25) is 4.98 Å². The lowest BCUT2D eigenvalue weighted by Gasteiger charge is -2.07. The fourth-order valence-electron chi connectivity index (χ4n) is 1.54. The van der Waals surface area contributed by atoms with Crippen molar-refractivity contribution < 1.29 is 13.2 Å². The van der Waals surface area contributed by atoms with E-state index in [4.69, 9.17) is 10.5 Å². The average molecular weight is 278 g/mol. The molecule has 1 aromatic heterocycles. The van der Waals surface area contributed by atoms with Gasteiger partial charge >= 0.3 is 0 Å². The predicted molar refractivity (Wildman–Crippen MR) is 71.8 cm³/mol. The van der Waals surface area contributed by atoms with E-state index < -0.39 is 9.84 Å². The lowest BCUT2D eigenvalue weighted by atomic mass is 10.3.